The summed E-state index contributed by atoms with van der Waals surface area (Å²) in [5, 5.41) is 9.14. The lowest BCUT2D eigenvalue weighted by molar-refractivity contribution is -0.139. The highest BCUT2D eigenvalue weighted by atomic mass is 16.5. The van der Waals surface area contributed by atoms with Gasteiger partial charge in [0, 0.05) is 11.7 Å². The first-order valence-corrected chi connectivity index (χ1v) is 10.6. The molecule has 33 heavy (non-hydrogen) atoms. The number of hydrogen-bond acceptors (Lipinski definition) is 6. The molecule has 0 aliphatic carbocycles. The number of benzene rings is 2. The van der Waals surface area contributed by atoms with Gasteiger partial charge in [0.15, 0.2) is 18.1 Å². The molecule has 0 aromatic heterocycles. The number of para-hydroxylation sites is 1. The number of nitrogens with zero attached hydrogens (tertiary/aromatic N) is 1. The summed E-state index contributed by atoms with van der Waals surface area (Å²) in [7, 11) is 0. The van der Waals surface area contributed by atoms with Gasteiger partial charge in [0.1, 0.15) is 0 Å². The van der Waals surface area contributed by atoms with Gasteiger partial charge in [-0.05, 0) is 69.5 Å². The van der Waals surface area contributed by atoms with Gasteiger partial charge in [-0.15, -0.1) is 0 Å². The van der Waals surface area contributed by atoms with Gasteiger partial charge in [0.2, 0.25) is 0 Å². The Morgan fingerprint density at radius 2 is 1.70 bits per heavy atom. The van der Waals surface area contributed by atoms with Crippen molar-refractivity contribution in [3.05, 3.63) is 53.1 Å². The molecule has 9 heteroatoms. The average molecular weight is 455 g/mol. The van der Waals surface area contributed by atoms with Crippen LogP contribution in [0.15, 0.2) is 41.5 Å². The van der Waals surface area contributed by atoms with Crippen molar-refractivity contribution in [3.63, 3.8) is 0 Å². The minimum Gasteiger partial charge on any atom is -0.490 e. The predicted octanol–water partition coefficient (Wildman–Crippen LogP) is 2.69. The molecule has 0 radical (unpaired) electrons. The van der Waals surface area contributed by atoms with E-state index >= 15 is 0 Å². The van der Waals surface area contributed by atoms with E-state index in [0.29, 0.717) is 23.7 Å². The topological polar surface area (TPSA) is 118 Å². The number of hydrazone groups is 1. The van der Waals surface area contributed by atoms with Crippen LogP contribution in [0, 0.1) is 13.8 Å². The van der Waals surface area contributed by atoms with E-state index in [1.54, 1.807) is 32.0 Å². The van der Waals surface area contributed by atoms with Crippen molar-refractivity contribution in [2.45, 2.75) is 40.7 Å². The lowest BCUT2D eigenvalue weighted by Gasteiger charge is -2.14. The first kappa shape index (κ1) is 25.4. The number of amides is 3. The number of nitrogens with one attached hydrogen (secondary N) is 3. The summed E-state index contributed by atoms with van der Waals surface area (Å²) in [4.78, 5) is 35.7. The van der Waals surface area contributed by atoms with Crippen LogP contribution < -0.4 is 25.5 Å². The molecule has 0 aliphatic rings. The second-order valence-corrected chi connectivity index (χ2v) is 7.57. The van der Waals surface area contributed by atoms with Crippen molar-refractivity contribution in [1.29, 1.82) is 0 Å². The molecule has 0 saturated carbocycles. The van der Waals surface area contributed by atoms with Crippen molar-refractivity contribution in [2.75, 3.05) is 18.5 Å². The van der Waals surface area contributed by atoms with Crippen LogP contribution in [0.25, 0.3) is 0 Å². The van der Waals surface area contributed by atoms with E-state index in [1.165, 1.54) is 6.21 Å². The summed E-state index contributed by atoms with van der Waals surface area (Å²) < 4.78 is 11.3. The second kappa shape index (κ2) is 12.2. The molecule has 2 aromatic rings. The first-order chi connectivity index (χ1) is 15.7. The zero-order valence-corrected chi connectivity index (χ0v) is 19.5. The number of rotatable bonds is 9. The summed E-state index contributed by atoms with van der Waals surface area (Å²) in [6.45, 7) is 9.37. The zero-order valence-electron chi connectivity index (χ0n) is 19.5. The minimum absolute atomic E-state index is 0.156. The summed E-state index contributed by atoms with van der Waals surface area (Å²) in [6.07, 6.45) is 1.38. The molecular formula is C24H30N4O5. The Balaban J connectivity index is 2.00. The summed E-state index contributed by atoms with van der Waals surface area (Å²) >= 11 is 0. The van der Waals surface area contributed by atoms with Crippen LogP contribution in [0.3, 0.4) is 0 Å². The smallest absolute Gasteiger partial charge is 0.329 e. The molecule has 9 nitrogen and oxygen atoms in total. The molecule has 0 atom stereocenters. The Morgan fingerprint density at radius 3 is 2.33 bits per heavy atom. The molecule has 0 bridgehead atoms. The van der Waals surface area contributed by atoms with E-state index in [2.05, 4.69) is 21.2 Å². The quantitative estimate of drug-likeness (QED) is 0.306. The Morgan fingerprint density at radius 1 is 1.00 bits per heavy atom. The predicted molar refractivity (Wildman–Crippen MR) is 127 cm³/mol. The summed E-state index contributed by atoms with van der Waals surface area (Å²) in [5.41, 5.74) is 5.48. The molecule has 0 heterocycles. The van der Waals surface area contributed by atoms with Crippen LogP contribution in [0.2, 0.25) is 0 Å². The molecular weight excluding hydrogens is 424 g/mol. The fourth-order valence-corrected chi connectivity index (χ4v) is 2.87. The number of anilines is 1. The Kier molecular flexibility index (Phi) is 9.41. The lowest BCUT2D eigenvalue weighted by Crippen LogP contribution is -2.41. The Bertz CT molecular complexity index is 1010. The molecule has 3 amide bonds. The van der Waals surface area contributed by atoms with Crippen molar-refractivity contribution in [2.24, 2.45) is 5.10 Å². The van der Waals surface area contributed by atoms with E-state index in [-0.39, 0.29) is 18.6 Å². The number of hydrogen-bond donors (Lipinski definition) is 3. The number of carbonyl (C=O) groups excluding carboxylic acids is 3. The van der Waals surface area contributed by atoms with Crippen LogP contribution in [0.5, 0.6) is 11.5 Å². The number of carbonyl (C=O) groups is 3. The van der Waals surface area contributed by atoms with Crippen LogP contribution in [-0.4, -0.2) is 43.2 Å². The molecule has 0 unspecified atom stereocenters. The van der Waals surface area contributed by atoms with Crippen LogP contribution in [0.4, 0.5) is 5.69 Å². The Hall–Kier alpha value is -3.88. The monoisotopic (exact) mass is 454 g/mol. The molecule has 2 aromatic carbocycles. The van der Waals surface area contributed by atoms with Gasteiger partial charge in [-0.2, -0.15) is 5.10 Å². The van der Waals surface area contributed by atoms with E-state index < -0.39 is 11.8 Å². The van der Waals surface area contributed by atoms with Crippen LogP contribution >= 0.6 is 0 Å². The van der Waals surface area contributed by atoms with E-state index in [1.807, 2.05) is 39.0 Å². The van der Waals surface area contributed by atoms with Gasteiger partial charge >= 0.3 is 11.8 Å². The molecule has 0 spiro atoms. The Labute approximate surface area is 193 Å². The third kappa shape index (κ3) is 7.95. The highest BCUT2D eigenvalue weighted by molar-refractivity contribution is 6.35. The molecule has 176 valence electrons. The molecule has 0 fully saturated rings. The maximum atomic E-state index is 12.4. The van der Waals surface area contributed by atoms with Gasteiger partial charge < -0.3 is 20.1 Å². The largest absolute Gasteiger partial charge is 0.490 e. The van der Waals surface area contributed by atoms with Crippen molar-refractivity contribution in [1.82, 2.24) is 10.7 Å². The summed E-state index contributed by atoms with van der Waals surface area (Å²) in [6, 6.07) is 10.6. The third-order valence-corrected chi connectivity index (χ3v) is 4.38. The van der Waals surface area contributed by atoms with E-state index in [0.717, 1.165) is 16.8 Å². The van der Waals surface area contributed by atoms with Crippen molar-refractivity contribution >= 4 is 29.6 Å². The summed E-state index contributed by atoms with van der Waals surface area (Å²) in [5.74, 6) is -1.10. The van der Waals surface area contributed by atoms with Crippen molar-refractivity contribution < 1.29 is 23.9 Å². The van der Waals surface area contributed by atoms with E-state index in [4.69, 9.17) is 9.47 Å². The molecule has 2 rings (SSSR count). The normalized spacial score (nSPS) is 10.7. The minimum atomic E-state index is -0.861. The maximum Gasteiger partial charge on any atom is 0.329 e. The fourth-order valence-electron chi connectivity index (χ4n) is 2.87. The standard InChI is InChI=1S/C24H30N4O5/c1-6-32-20-12-18(13-25-28-24(31)23(30)26-15(2)3)10-11-19(20)33-14-21(29)27-22-16(4)8-7-9-17(22)5/h7-13,15H,6,14H2,1-5H3,(H,26,30)(H,27,29)(H,28,31)/b25-13-. The van der Waals surface area contributed by atoms with Gasteiger partial charge in [-0.1, -0.05) is 18.2 Å². The number of aryl methyl sites for hydroxylation is 2. The fraction of sp³-hybridized carbons (Fsp3) is 0.333. The third-order valence-electron chi connectivity index (χ3n) is 4.38. The maximum absolute atomic E-state index is 12.4. The first-order valence-electron chi connectivity index (χ1n) is 10.6. The van der Waals surface area contributed by atoms with Gasteiger partial charge in [0.05, 0.1) is 12.8 Å². The highest BCUT2D eigenvalue weighted by Gasteiger charge is 2.14. The lowest BCUT2D eigenvalue weighted by atomic mass is 10.1. The molecule has 3 N–H and O–H groups in total. The number of ether oxygens (including phenoxy) is 2. The molecule has 0 saturated heterocycles. The van der Waals surface area contributed by atoms with Crippen molar-refractivity contribution in [3.8, 4) is 11.5 Å². The average Bonchev–Trinajstić information content (AvgIpc) is 2.75. The molecule has 0 aliphatic heterocycles. The van der Waals surface area contributed by atoms with Crippen LogP contribution in [-0.2, 0) is 14.4 Å². The van der Waals surface area contributed by atoms with Gasteiger partial charge in [0.25, 0.3) is 5.91 Å². The second-order valence-electron chi connectivity index (χ2n) is 7.57. The highest BCUT2D eigenvalue weighted by Crippen LogP contribution is 2.28. The SMILES string of the molecule is CCOc1cc(/C=N\NC(=O)C(=O)NC(C)C)ccc1OCC(=O)Nc1c(C)cccc1C. The van der Waals surface area contributed by atoms with Gasteiger partial charge in [-0.3, -0.25) is 14.4 Å². The van der Waals surface area contributed by atoms with E-state index in [9.17, 15) is 14.4 Å². The van der Waals surface area contributed by atoms with Crippen LogP contribution in [0.1, 0.15) is 37.5 Å². The van der Waals surface area contributed by atoms with Gasteiger partial charge in [-0.25, -0.2) is 5.43 Å². The zero-order chi connectivity index (χ0) is 24.4.